The van der Waals surface area contributed by atoms with Gasteiger partial charge in [-0.05, 0) is 88.4 Å². The third-order valence-electron chi connectivity index (χ3n) is 17.6. The van der Waals surface area contributed by atoms with Crippen molar-refractivity contribution in [2.45, 2.75) is 221 Å². The number of hydrogen-bond acceptors (Lipinski definition) is 15. The molecule has 0 spiro atoms. The second-order valence-corrected chi connectivity index (χ2v) is 27.1. The number of aliphatic hydroxyl groups is 2. The van der Waals surface area contributed by atoms with Crippen molar-refractivity contribution in [1.82, 2.24) is 60.5 Å². The Morgan fingerprint density at radius 1 is 0.549 bits per heavy atom. The van der Waals surface area contributed by atoms with Crippen molar-refractivity contribution in [2.24, 2.45) is 35.5 Å². The molecule has 6 N–H and O–H groups in total. The molecule has 516 valence electrons. The van der Waals surface area contributed by atoms with Crippen LogP contribution in [0.3, 0.4) is 0 Å². The van der Waals surface area contributed by atoms with E-state index in [2.05, 4.69) is 21.3 Å². The molecule has 14 atom stereocenters. The Morgan fingerprint density at radius 3 is 1.51 bits per heavy atom. The number of allylic oxidation sites excluding steroid dienone is 2. The quantitative estimate of drug-likeness (QED) is 0.0991. The van der Waals surface area contributed by atoms with Gasteiger partial charge in [-0.3, -0.25) is 52.7 Å². The van der Waals surface area contributed by atoms with E-state index < -0.39 is 174 Å². The van der Waals surface area contributed by atoms with E-state index >= 15 is 24.0 Å². The molecule has 0 aromatic rings. The standard InChI is InChI=1S/C64H110N12O15/c1-22-24-25-39(13)52(78)51-56(82)67-43(23-2)58(84)76-32-42(91-64(90)75-26-27-75)31-47(76)61(87)72(19)48(33-77)55(81)68-49(37(9)10)62(88)69(16)44(28-34(3)4)54(80)65-40(14)53(79)66-41(15)57(83)70(17)45(29-35(5)6)59(85)71(18)46(30-36(7)8)60(86)73(20)50(38(11)12)63(89)74(51)21/h22,24,34-52,77-78H,23,25-33H2,1-21H3,(H,65,80)(H,66,79)(H,67,82)(H,68,81)/b24-22+/t39-,40+,41-,42?,43+,44+,45+,46+,47-,48+,49+,50+,51+,52-/m1/s1. The van der Waals surface area contributed by atoms with Gasteiger partial charge in [0, 0.05) is 61.8 Å². The molecule has 0 saturated carbocycles. The zero-order chi connectivity index (χ0) is 69.5. The van der Waals surface area contributed by atoms with Gasteiger partial charge in [0.15, 0.2) is 0 Å². The van der Waals surface area contributed by atoms with Crippen LogP contribution >= 0.6 is 0 Å². The molecule has 3 fully saturated rings. The van der Waals surface area contributed by atoms with Gasteiger partial charge in [0.2, 0.25) is 65.0 Å². The minimum Gasteiger partial charge on any atom is -0.444 e. The van der Waals surface area contributed by atoms with Crippen LogP contribution in [0.15, 0.2) is 12.2 Å². The third kappa shape index (κ3) is 20.3. The number of carbonyl (C=O) groups is 12. The average molecular weight is 1290 g/mol. The molecule has 27 nitrogen and oxygen atoms in total. The predicted octanol–water partition coefficient (Wildman–Crippen LogP) is 1.18. The summed E-state index contributed by atoms with van der Waals surface area (Å²) in [6.07, 6.45) is 0.416. The Labute approximate surface area is 539 Å². The highest BCUT2D eigenvalue weighted by molar-refractivity contribution is 6.00. The van der Waals surface area contributed by atoms with Gasteiger partial charge in [-0.2, -0.15) is 0 Å². The van der Waals surface area contributed by atoms with Crippen molar-refractivity contribution in [2.75, 3.05) is 68.5 Å². The lowest BCUT2D eigenvalue weighted by molar-refractivity contribution is -0.157. The molecule has 0 aliphatic carbocycles. The maximum Gasteiger partial charge on any atom is 0.410 e. The average Bonchev–Trinajstić information content (AvgIpc) is 1.80. The fourth-order valence-electron chi connectivity index (χ4n) is 11.7. The fraction of sp³-hybridized carbons (Fsp3) is 0.781. The molecule has 3 heterocycles. The van der Waals surface area contributed by atoms with Crippen molar-refractivity contribution in [3.63, 3.8) is 0 Å². The molecule has 3 saturated heterocycles. The molecule has 27 heteroatoms. The number of fused-ring (bicyclic) bond motifs is 1. The van der Waals surface area contributed by atoms with Gasteiger partial charge in [0.25, 0.3) is 0 Å². The Hall–Kier alpha value is -6.90. The minimum absolute atomic E-state index is 0.0938. The van der Waals surface area contributed by atoms with E-state index in [-0.39, 0.29) is 62.8 Å². The first kappa shape index (κ1) is 78.3. The van der Waals surface area contributed by atoms with Gasteiger partial charge in [-0.25, -0.2) is 4.79 Å². The van der Waals surface area contributed by atoms with Gasteiger partial charge in [-0.15, -0.1) is 0 Å². The molecule has 0 radical (unpaired) electrons. The van der Waals surface area contributed by atoms with Gasteiger partial charge < -0.3 is 75.4 Å². The largest absolute Gasteiger partial charge is 0.444 e. The third-order valence-corrected chi connectivity index (χ3v) is 17.6. The number of ether oxygens (including phenoxy) is 1. The molecule has 3 rings (SSSR count). The summed E-state index contributed by atoms with van der Waals surface area (Å²) in [6.45, 7) is 25.1. The molecular weight excluding hydrogens is 1180 g/mol. The van der Waals surface area contributed by atoms with Gasteiger partial charge in [0.05, 0.1) is 19.3 Å². The van der Waals surface area contributed by atoms with E-state index in [0.29, 0.717) is 13.1 Å². The second kappa shape index (κ2) is 34.7. The molecule has 0 aromatic carbocycles. The lowest BCUT2D eigenvalue weighted by Crippen LogP contribution is -2.64. The van der Waals surface area contributed by atoms with E-state index in [0.717, 1.165) is 19.6 Å². The van der Waals surface area contributed by atoms with Crippen LogP contribution in [0.2, 0.25) is 0 Å². The Bertz CT molecular complexity index is 2610. The van der Waals surface area contributed by atoms with Crippen molar-refractivity contribution in [3.05, 3.63) is 12.2 Å². The van der Waals surface area contributed by atoms with Crippen LogP contribution < -0.4 is 21.3 Å². The Kier molecular flexibility index (Phi) is 29.9. The topological polar surface area (TPSA) is 328 Å². The molecule has 0 bridgehead atoms. The van der Waals surface area contributed by atoms with E-state index in [1.807, 2.05) is 41.5 Å². The molecule has 1 unspecified atom stereocenters. The number of nitrogens with one attached hydrogen (secondary N) is 4. The maximum absolute atomic E-state index is 15.3. The number of amides is 12. The minimum atomic E-state index is -1.71. The number of rotatable bonds is 15. The van der Waals surface area contributed by atoms with Crippen LogP contribution in [0.5, 0.6) is 0 Å². The number of hydrogen-bond donors (Lipinski definition) is 6. The summed E-state index contributed by atoms with van der Waals surface area (Å²) in [4.78, 5) is 185. The smallest absolute Gasteiger partial charge is 0.410 e. The highest BCUT2D eigenvalue weighted by Crippen LogP contribution is 2.29. The van der Waals surface area contributed by atoms with Gasteiger partial charge in [-0.1, -0.05) is 95.2 Å². The highest BCUT2D eigenvalue weighted by Gasteiger charge is 2.49. The molecule has 12 amide bonds. The lowest BCUT2D eigenvalue weighted by Gasteiger charge is -2.41. The van der Waals surface area contributed by atoms with E-state index in [1.165, 1.54) is 75.7 Å². The van der Waals surface area contributed by atoms with Crippen LogP contribution in [0.25, 0.3) is 0 Å². The summed E-state index contributed by atoms with van der Waals surface area (Å²) in [6, 6.07) is -15.1. The molecule has 3 aliphatic heterocycles. The van der Waals surface area contributed by atoms with Crippen molar-refractivity contribution < 1.29 is 72.5 Å². The summed E-state index contributed by atoms with van der Waals surface area (Å²) < 4.78 is 5.77. The summed E-state index contributed by atoms with van der Waals surface area (Å²) in [5, 5.41) is 33.8. The predicted molar refractivity (Wildman–Crippen MR) is 340 cm³/mol. The first-order valence-electron chi connectivity index (χ1n) is 32.3. The lowest BCUT2D eigenvalue weighted by atomic mass is 9.91. The van der Waals surface area contributed by atoms with E-state index in [9.17, 15) is 43.8 Å². The molecule has 91 heavy (non-hydrogen) atoms. The monoisotopic (exact) mass is 1290 g/mol. The van der Waals surface area contributed by atoms with Crippen LogP contribution in [0, 0.1) is 35.5 Å². The van der Waals surface area contributed by atoms with E-state index in [4.69, 9.17) is 4.74 Å². The SMILES string of the molecule is C/C=C/C[C@@H](C)[C@@H](O)[C@H]1C(=O)N[C@@H](CC)C(=O)N2CC(OC(=O)N3CC3)C[C@@H]2C(=O)N(C)[C@@H](CO)C(=O)N[C@@H](C(C)C)C(=O)N(C)[C@@H](CC(C)C)C(=O)N[C@@H](C)C(=O)N[C@H](C)C(=O)N(C)[C@@H](CC(C)C)C(=O)N(C)[C@@H](CC(C)C)C(=O)N(C)[C@@H](C(C)C)C(=O)N1C. The molecular formula is C64H110N12O15. The molecule has 3 aliphatic rings. The zero-order valence-electron chi connectivity index (χ0n) is 58.0. The van der Waals surface area contributed by atoms with Crippen molar-refractivity contribution in [3.8, 4) is 0 Å². The number of carbonyl (C=O) groups excluding carboxylic acids is 12. The second-order valence-electron chi connectivity index (χ2n) is 27.1. The molecule has 0 aromatic heterocycles. The van der Waals surface area contributed by atoms with E-state index in [1.54, 1.807) is 60.6 Å². The fourth-order valence-corrected chi connectivity index (χ4v) is 11.7. The van der Waals surface area contributed by atoms with Crippen LogP contribution in [-0.2, 0) is 57.5 Å². The first-order valence-corrected chi connectivity index (χ1v) is 32.3. The first-order chi connectivity index (χ1) is 42.3. The summed E-state index contributed by atoms with van der Waals surface area (Å²) in [5.41, 5.74) is 0. The summed E-state index contributed by atoms with van der Waals surface area (Å²) in [5.74, 6) is -11.1. The normalized spacial score (nSPS) is 28.6. The van der Waals surface area contributed by atoms with Crippen molar-refractivity contribution in [1.29, 1.82) is 0 Å². The summed E-state index contributed by atoms with van der Waals surface area (Å²) in [7, 11) is 8.17. The Balaban J connectivity index is 2.35. The Morgan fingerprint density at radius 2 is 1.02 bits per heavy atom. The van der Waals surface area contributed by atoms with Crippen LogP contribution in [0.1, 0.15) is 142 Å². The number of likely N-dealkylation sites (N-methyl/N-ethyl adjacent to an activating group) is 6. The van der Waals surface area contributed by atoms with Crippen LogP contribution in [0.4, 0.5) is 4.79 Å². The van der Waals surface area contributed by atoms with Gasteiger partial charge in [0.1, 0.15) is 72.6 Å². The van der Waals surface area contributed by atoms with Crippen molar-refractivity contribution >= 4 is 71.1 Å². The van der Waals surface area contributed by atoms with Gasteiger partial charge >= 0.3 is 6.09 Å². The number of aliphatic hydroxyl groups excluding tert-OH is 2. The summed E-state index contributed by atoms with van der Waals surface area (Å²) >= 11 is 0. The highest BCUT2D eigenvalue weighted by atomic mass is 16.6. The maximum atomic E-state index is 15.3. The number of nitrogens with zero attached hydrogens (tertiary/aromatic N) is 8. The zero-order valence-corrected chi connectivity index (χ0v) is 58.0. The van der Waals surface area contributed by atoms with Crippen LogP contribution in [-0.4, -0.2) is 268 Å².